The number of fused-ring (bicyclic) bond motifs is 2. The highest BCUT2D eigenvalue weighted by molar-refractivity contribution is 5.85. The molecule has 1 spiro atoms. The average molecular weight is 332 g/mol. The monoisotopic (exact) mass is 332 g/mol. The minimum atomic E-state index is 0.0831. The van der Waals surface area contributed by atoms with E-state index in [1.54, 1.807) is 19.0 Å². The normalized spacial score (nSPS) is 33.8. The molecule has 3 unspecified atom stereocenters. The largest absolute Gasteiger partial charge is 0.353 e. The Morgan fingerprint density at radius 1 is 1.25 bits per heavy atom. The van der Waals surface area contributed by atoms with Crippen LogP contribution in [0.3, 0.4) is 0 Å². The third-order valence-corrected chi connectivity index (χ3v) is 7.07. The fraction of sp³-hybridized carbons (Fsp3) is 0.895. The maximum Gasteiger partial charge on any atom is 0.243 e. The van der Waals surface area contributed by atoms with Crippen molar-refractivity contribution < 1.29 is 4.79 Å². The van der Waals surface area contributed by atoms with Crippen LogP contribution in [0, 0.1) is 17.3 Å². The van der Waals surface area contributed by atoms with Gasteiger partial charge in [0.2, 0.25) is 5.91 Å². The fourth-order valence-electron chi connectivity index (χ4n) is 5.31. The predicted octanol–water partition coefficient (Wildman–Crippen LogP) is 2.08. The number of rotatable bonds is 3. The first kappa shape index (κ1) is 16.2. The van der Waals surface area contributed by atoms with Crippen LogP contribution in [0.2, 0.25) is 0 Å². The second kappa shape index (κ2) is 6.23. The Balaban J connectivity index is 1.44. The van der Waals surface area contributed by atoms with Gasteiger partial charge < -0.3 is 15.1 Å². The van der Waals surface area contributed by atoms with Crippen molar-refractivity contribution in [1.82, 2.24) is 15.1 Å². The molecule has 3 aliphatic carbocycles. The lowest BCUT2D eigenvalue weighted by Gasteiger charge is -2.38. The topological polar surface area (TPSA) is 47.9 Å². The molecule has 2 bridgehead atoms. The molecule has 1 saturated heterocycles. The number of hydrogen-bond donors (Lipinski definition) is 1. The molecule has 5 heteroatoms. The van der Waals surface area contributed by atoms with Crippen LogP contribution < -0.4 is 5.32 Å². The molecule has 1 N–H and O–H groups in total. The molecule has 1 amide bonds. The molecule has 0 aromatic rings. The SMILES string of the molecule is CN(C)C(=O)CN=C(NC1CC2CCC1C2)N1CCC2(CCC2)C1. The molecule has 0 aromatic carbocycles. The van der Waals surface area contributed by atoms with Crippen molar-refractivity contribution in [2.75, 3.05) is 33.7 Å². The molecule has 3 saturated carbocycles. The molecule has 134 valence electrons. The molecule has 0 radical (unpaired) electrons. The number of likely N-dealkylation sites (N-methyl/N-ethyl adjacent to an activating group) is 1. The van der Waals surface area contributed by atoms with Crippen molar-refractivity contribution in [3.05, 3.63) is 0 Å². The molecular weight excluding hydrogens is 300 g/mol. The quantitative estimate of drug-likeness (QED) is 0.636. The van der Waals surface area contributed by atoms with Gasteiger partial charge in [0.05, 0.1) is 0 Å². The molecule has 0 aromatic heterocycles. The van der Waals surface area contributed by atoms with Gasteiger partial charge in [-0.05, 0) is 55.8 Å². The van der Waals surface area contributed by atoms with Crippen molar-refractivity contribution in [2.24, 2.45) is 22.2 Å². The Hall–Kier alpha value is -1.26. The number of aliphatic imine (C=N–C) groups is 1. The molecule has 5 nitrogen and oxygen atoms in total. The number of hydrogen-bond acceptors (Lipinski definition) is 2. The Morgan fingerprint density at radius 2 is 2.08 bits per heavy atom. The highest BCUT2D eigenvalue weighted by Gasteiger charge is 2.45. The third kappa shape index (κ3) is 3.02. The second-order valence-corrected chi connectivity index (χ2v) is 8.88. The van der Waals surface area contributed by atoms with Crippen LogP contribution in [0.25, 0.3) is 0 Å². The first-order valence-corrected chi connectivity index (χ1v) is 9.81. The summed E-state index contributed by atoms with van der Waals surface area (Å²) in [4.78, 5) is 20.8. The van der Waals surface area contributed by atoms with Crippen LogP contribution >= 0.6 is 0 Å². The number of carbonyl (C=O) groups excluding carboxylic acids is 1. The third-order valence-electron chi connectivity index (χ3n) is 7.07. The summed E-state index contributed by atoms with van der Waals surface area (Å²) in [6.07, 6.45) is 10.9. The zero-order valence-electron chi connectivity index (χ0n) is 15.3. The summed E-state index contributed by atoms with van der Waals surface area (Å²) in [5.74, 6) is 2.84. The highest BCUT2D eigenvalue weighted by atomic mass is 16.2. The zero-order valence-corrected chi connectivity index (χ0v) is 15.3. The number of guanidine groups is 1. The van der Waals surface area contributed by atoms with Crippen LogP contribution in [0.1, 0.15) is 51.4 Å². The molecule has 1 aliphatic heterocycles. The summed E-state index contributed by atoms with van der Waals surface area (Å²) in [5, 5.41) is 3.77. The molecule has 4 aliphatic rings. The van der Waals surface area contributed by atoms with Crippen molar-refractivity contribution in [3.8, 4) is 0 Å². The second-order valence-electron chi connectivity index (χ2n) is 8.88. The van der Waals surface area contributed by atoms with Crippen molar-refractivity contribution >= 4 is 11.9 Å². The van der Waals surface area contributed by atoms with Crippen molar-refractivity contribution in [3.63, 3.8) is 0 Å². The van der Waals surface area contributed by atoms with E-state index in [9.17, 15) is 4.79 Å². The first-order valence-electron chi connectivity index (χ1n) is 9.81. The van der Waals surface area contributed by atoms with E-state index in [0.717, 1.165) is 30.9 Å². The maximum absolute atomic E-state index is 12.0. The van der Waals surface area contributed by atoms with Crippen LogP contribution in [0.15, 0.2) is 4.99 Å². The Bertz CT molecular complexity index is 525. The predicted molar refractivity (Wildman–Crippen MR) is 95.8 cm³/mol. The van der Waals surface area contributed by atoms with Gasteiger partial charge in [0.25, 0.3) is 0 Å². The zero-order chi connectivity index (χ0) is 16.7. The lowest BCUT2D eigenvalue weighted by Crippen LogP contribution is -2.48. The van der Waals surface area contributed by atoms with Crippen LogP contribution in [-0.2, 0) is 4.79 Å². The standard InChI is InChI=1S/C19H32N4O/c1-22(2)17(24)12-20-18(21-16-11-14-4-5-15(16)10-14)23-9-8-19(13-23)6-3-7-19/h14-16H,3-13H2,1-2H3,(H,20,21). The van der Waals surface area contributed by atoms with E-state index in [0.29, 0.717) is 11.5 Å². The fourth-order valence-corrected chi connectivity index (χ4v) is 5.31. The van der Waals surface area contributed by atoms with Crippen molar-refractivity contribution in [1.29, 1.82) is 0 Å². The van der Waals surface area contributed by atoms with Crippen molar-refractivity contribution in [2.45, 2.75) is 57.4 Å². The Labute approximate surface area is 145 Å². The summed E-state index contributed by atoms with van der Waals surface area (Å²) >= 11 is 0. The minimum absolute atomic E-state index is 0.0831. The minimum Gasteiger partial charge on any atom is -0.353 e. The maximum atomic E-state index is 12.0. The summed E-state index contributed by atoms with van der Waals surface area (Å²) in [6, 6.07) is 0.579. The highest BCUT2D eigenvalue weighted by Crippen LogP contribution is 2.48. The van der Waals surface area contributed by atoms with E-state index in [1.165, 1.54) is 51.4 Å². The van der Waals surface area contributed by atoms with Gasteiger partial charge in [0, 0.05) is 33.2 Å². The number of nitrogens with zero attached hydrogens (tertiary/aromatic N) is 3. The average Bonchev–Trinajstić information content (AvgIpc) is 3.24. The van der Waals surface area contributed by atoms with Crippen LogP contribution in [0.5, 0.6) is 0 Å². The number of nitrogens with one attached hydrogen (secondary N) is 1. The van der Waals surface area contributed by atoms with Gasteiger partial charge in [0.15, 0.2) is 5.96 Å². The summed E-state index contributed by atoms with van der Waals surface area (Å²) in [5.41, 5.74) is 0.558. The number of carbonyl (C=O) groups is 1. The van der Waals surface area contributed by atoms with Crippen LogP contribution in [-0.4, -0.2) is 61.4 Å². The Kier molecular flexibility index (Phi) is 4.21. The van der Waals surface area contributed by atoms with E-state index in [1.807, 2.05) is 0 Å². The summed E-state index contributed by atoms with van der Waals surface area (Å²) in [7, 11) is 3.61. The number of amides is 1. The first-order chi connectivity index (χ1) is 11.5. The van der Waals surface area contributed by atoms with Gasteiger partial charge in [0.1, 0.15) is 6.54 Å². The van der Waals surface area contributed by atoms with E-state index in [-0.39, 0.29) is 12.5 Å². The van der Waals surface area contributed by atoms with Gasteiger partial charge in [-0.1, -0.05) is 12.8 Å². The lowest BCUT2D eigenvalue weighted by atomic mass is 9.68. The Morgan fingerprint density at radius 3 is 2.62 bits per heavy atom. The van der Waals surface area contributed by atoms with E-state index in [4.69, 9.17) is 4.99 Å². The molecule has 4 rings (SSSR count). The van der Waals surface area contributed by atoms with Crippen LogP contribution in [0.4, 0.5) is 0 Å². The summed E-state index contributed by atoms with van der Waals surface area (Å²) < 4.78 is 0. The van der Waals surface area contributed by atoms with Gasteiger partial charge >= 0.3 is 0 Å². The van der Waals surface area contributed by atoms with E-state index in [2.05, 4.69) is 10.2 Å². The van der Waals surface area contributed by atoms with E-state index >= 15 is 0 Å². The number of likely N-dealkylation sites (tertiary alicyclic amines) is 1. The van der Waals surface area contributed by atoms with Gasteiger partial charge in [-0.2, -0.15) is 0 Å². The lowest BCUT2D eigenvalue weighted by molar-refractivity contribution is -0.127. The molecule has 1 heterocycles. The smallest absolute Gasteiger partial charge is 0.243 e. The summed E-state index contributed by atoms with van der Waals surface area (Å²) in [6.45, 7) is 2.50. The molecular formula is C19H32N4O. The van der Waals surface area contributed by atoms with Gasteiger partial charge in [-0.3, -0.25) is 4.79 Å². The molecule has 4 fully saturated rings. The molecule has 3 atom stereocenters. The van der Waals surface area contributed by atoms with E-state index < -0.39 is 0 Å². The molecule has 24 heavy (non-hydrogen) atoms. The van der Waals surface area contributed by atoms with Gasteiger partial charge in [-0.15, -0.1) is 0 Å². The van der Waals surface area contributed by atoms with Gasteiger partial charge in [-0.25, -0.2) is 4.99 Å².